The highest BCUT2D eigenvalue weighted by Crippen LogP contribution is 2.17. The minimum Gasteiger partial charge on any atom is -0.375 e. The second-order valence-corrected chi connectivity index (χ2v) is 3.85. The highest BCUT2D eigenvalue weighted by atomic mass is 16.5. The molecule has 2 N–H and O–H groups in total. The third-order valence-electron chi connectivity index (χ3n) is 2.69. The Bertz CT molecular complexity index is 352. The Kier molecular flexibility index (Phi) is 3.28. The average Bonchev–Trinajstić information content (AvgIpc) is 2.26. The lowest BCUT2D eigenvalue weighted by Crippen LogP contribution is -2.16. The van der Waals surface area contributed by atoms with Gasteiger partial charge < -0.3 is 10.5 Å². The van der Waals surface area contributed by atoms with Gasteiger partial charge in [0.2, 0.25) is 0 Å². The molecule has 1 aliphatic rings. The van der Waals surface area contributed by atoms with Crippen LogP contribution in [0, 0.1) is 6.92 Å². The van der Waals surface area contributed by atoms with Crippen LogP contribution in [0.2, 0.25) is 0 Å². The first kappa shape index (κ1) is 10.5. The molecule has 1 aromatic rings. The van der Waals surface area contributed by atoms with Crippen molar-refractivity contribution in [2.75, 3.05) is 13.2 Å². The van der Waals surface area contributed by atoms with Gasteiger partial charge >= 0.3 is 0 Å². The molecule has 0 unspecified atom stereocenters. The van der Waals surface area contributed by atoms with Crippen LogP contribution in [0.5, 0.6) is 0 Å². The third-order valence-corrected chi connectivity index (χ3v) is 2.69. The number of ether oxygens (including phenoxy) is 1. The monoisotopic (exact) mass is 207 g/mol. The van der Waals surface area contributed by atoms with Crippen molar-refractivity contribution in [3.63, 3.8) is 0 Å². The van der Waals surface area contributed by atoms with Gasteiger partial charge in [-0.2, -0.15) is 0 Å². The summed E-state index contributed by atoms with van der Waals surface area (Å²) in [5.74, 6) is 0.905. The van der Waals surface area contributed by atoms with E-state index < -0.39 is 0 Å². The molecule has 0 atom stereocenters. The number of hydrogen-bond donors (Lipinski definition) is 1. The number of aryl methyl sites for hydroxylation is 2. The quantitative estimate of drug-likeness (QED) is 0.794. The maximum Gasteiger partial charge on any atom is 0.129 e. The normalized spacial score (nSPS) is 15.1. The van der Waals surface area contributed by atoms with Crippen LogP contribution >= 0.6 is 0 Å². The molecular weight excluding hydrogens is 190 g/mol. The van der Waals surface area contributed by atoms with Crippen molar-refractivity contribution >= 4 is 0 Å². The molecule has 2 rings (SSSR count). The Morgan fingerprint density at radius 1 is 1.40 bits per heavy atom. The summed E-state index contributed by atoms with van der Waals surface area (Å²) in [6.45, 7) is 4.17. The Labute approximate surface area is 89.9 Å². The maximum absolute atomic E-state index is 5.47. The van der Waals surface area contributed by atoms with Crippen molar-refractivity contribution in [1.29, 1.82) is 0 Å². The van der Waals surface area contributed by atoms with E-state index in [-0.39, 0.29) is 0 Å². The summed E-state index contributed by atoms with van der Waals surface area (Å²) in [5.41, 5.74) is 8.92. The molecule has 4 heteroatoms. The molecule has 0 amide bonds. The molecule has 0 saturated heterocycles. The topological polar surface area (TPSA) is 61.0 Å². The molecule has 0 radical (unpaired) electrons. The van der Waals surface area contributed by atoms with Gasteiger partial charge in [0.15, 0.2) is 0 Å². The van der Waals surface area contributed by atoms with E-state index in [4.69, 9.17) is 10.5 Å². The first-order valence-corrected chi connectivity index (χ1v) is 5.44. The largest absolute Gasteiger partial charge is 0.375 e. The minimum absolute atomic E-state index is 0.633. The zero-order valence-electron chi connectivity index (χ0n) is 9.12. The molecule has 0 fully saturated rings. The number of nitrogens with two attached hydrogens (primary N) is 1. The second-order valence-electron chi connectivity index (χ2n) is 3.85. The Hall–Kier alpha value is -1.00. The van der Waals surface area contributed by atoms with E-state index in [2.05, 4.69) is 16.9 Å². The van der Waals surface area contributed by atoms with E-state index in [1.54, 1.807) is 0 Å². The molecule has 2 heterocycles. The molecule has 1 aliphatic heterocycles. The van der Waals surface area contributed by atoms with Crippen molar-refractivity contribution in [1.82, 2.24) is 9.97 Å². The van der Waals surface area contributed by atoms with E-state index >= 15 is 0 Å². The highest BCUT2D eigenvalue weighted by molar-refractivity contribution is 5.26. The van der Waals surface area contributed by atoms with E-state index in [0.717, 1.165) is 43.1 Å². The summed E-state index contributed by atoms with van der Waals surface area (Å²) in [5, 5.41) is 0. The van der Waals surface area contributed by atoms with E-state index in [9.17, 15) is 0 Å². The van der Waals surface area contributed by atoms with Gasteiger partial charge in [0.05, 0.1) is 18.9 Å². The molecule has 82 valence electrons. The van der Waals surface area contributed by atoms with Crippen molar-refractivity contribution in [3.05, 3.63) is 22.8 Å². The molecule has 15 heavy (non-hydrogen) atoms. The van der Waals surface area contributed by atoms with Gasteiger partial charge in [0.1, 0.15) is 5.82 Å². The summed E-state index contributed by atoms with van der Waals surface area (Å²) in [4.78, 5) is 9.02. The number of fused-ring (bicyclic) bond motifs is 1. The summed E-state index contributed by atoms with van der Waals surface area (Å²) in [6, 6.07) is 0. The fourth-order valence-corrected chi connectivity index (χ4v) is 1.88. The van der Waals surface area contributed by atoms with Crippen molar-refractivity contribution in [3.8, 4) is 0 Å². The lowest BCUT2D eigenvalue weighted by Gasteiger charge is -2.17. The van der Waals surface area contributed by atoms with Crippen LogP contribution in [0.1, 0.15) is 29.2 Å². The summed E-state index contributed by atoms with van der Waals surface area (Å²) >= 11 is 0. The fraction of sp³-hybridized carbons (Fsp3) is 0.636. The Morgan fingerprint density at radius 3 is 3.07 bits per heavy atom. The molecule has 0 bridgehead atoms. The van der Waals surface area contributed by atoms with E-state index in [1.165, 1.54) is 5.56 Å². The summed E-state index contributed by atoms with van der Waals surface area (Å²) in [6.07, 6.45) is 2.75. The van der Waals surface area contributed by atoms with Crippen LogP contribution in [-0.4, -0.2) is 23.1 Å². The summed E-state index contributed by atoms with van der Waals surface area (Å²) in [7, 11) is 0. The summed E-state index contributed by atoms with van der Waals surface area (Å²) < 4.78 is 5.40. The fourth-order valence-electron chi connectivity index (χ4n) is 1.88. The average molecular weight is 207 g/mol. The van der Waals surface area contributed by atoms with Gasteiger partial charge in [0, 0.05) is 12.1 Å². The minimum atomic E-state index is 0.633. The molecular formula is C11H17N3O. The van der Waals surface area contributed by atoms with Gasteiger partial charge in [-0.1, -0.05) is 0 Å². The number of nitrogens with zero attached hydrogens (tertiary/aromatic N) is 2. The van der Waals surface area contributed by atoms with Crippen LogP contribution in [0.4, 0.5) is 0 Å². The van der Waals surface area contributed by atoms with Crippen LogP contribution in [0.25, 0.3) is 0 Å². The lowest BCUT2D eigenvalue weighted by molar-refractivity contribution is 0.106. The second kappa shape index (κ2) is 4.68. The smallest absolute Gasteiger partial charge is 0.129 e. The van der Waals surface area contributed by atoms with E-state index in [1.807, 2.05) is 0 Å². The highest BCUT2D eigenvalue weighted by Gasteiger charge is 2.15. The zero-order chi connectivity index (χ0) is 10.7. The van der Waals surface area contributed by atoms with Gasteiger partial charge in [-0.15, -0.1) is 0 Å². The number of hydrogen-bond acceptors (Lipinski definition) is 4. The molecule has 0 aromatic carbocycles. The SMILES string of the molecule is Cc1nc(CCCN)nc2c1CCOC2. The van der Waals surface area contributed by atoms with Gasteiger partial charge in [-0.25, -0.2) is 9.97 Å². The van der Waals surface area contributed by atoms with Crippen molar-refractivity contribution in [2.24, 2.45) is 5.73 Å². The lowest BCUT2D eigenvalue weighted by atomic mass is 10.1. The van der Waals surface area contributed by atoms with Crippen LogP contribution in [-0.2, 0) is 24.2 Å². The van der Waals surface area contributed by atoms with Crippen LogP contribution in [0.15, 0.2) is 0 Å². The number of rotatable bonds is 3. The first-order valence-electron chi connectivity index (χ1n) is 5.44. The van der Waals surface area contributed by atoms with Crippen LogP contribution in [0.3, 0.4) is 0 Å². The maximum atomic E-state index is 5.47. The Morgan fingerprint density at radius 2 is 2.27 bits per heavy atom. The van der Waals surface area contributed by atoms with Crippen molar-refractivity contribution < 1.29 is 4.74 Å². The zero-order valence-corrected chi connectivity index (χ0v) is 9.12. The molecule has 4 nitrogen and oxygen atoms in total. The van der Waals surface area contributed by atoms with Crippen molar-refractivity contribution in [2.45, 2.75) is 32.8 Å². The van der Waals surface area contributed by atoms with E-state index in [0.29, 0.717) is 13.2 Å². The number of aromatic nitrogens is 2. The molecule has 0 aliphatic carbocycles. The van der Waals surface area contributed by atoms with Crippen LogP contribution < -0.4 is 5.73 Å². The molecule has 0 spiro atoms. The first-order chi connectivity index (χ1) is 7.31. The van der Waals surface area contributed by atoms with Gasteiger partial charge in [-0.05, 0) is 31.9 Å². The third kappa shape index (κ3) is 2.33. The van der Waals surface area contributed by atoms with Gasteiger partial charge in [-0.3, -0.25) is 0 Å². The molecule has 1 aromatic heterocycles. The Balaban J connectivity index is 2.24. The molecule has 0 saturated carbocycles. The predicted molar refractivity (Wildman–Crippen MR) is 57.5 cm³/mol. The standard InChI is InChI=1S/C11H17N3O/c1-8-9-4-6-15-7-10(9)14-11(13-8)3-2-5-12/h2-7,12H2,1H3. The van der Waals surface area contributed by atoms with Gasteiger partial charge in [0.25, 0.3) is 0 Å². The predicted octanol–water partition coefficient (Wildman–Crippen LogP) is 0.749.